The molecule has 0 bridgehead atoms. The highest BCUT2D eigenvalue weighted by molar-refractivity contribution is 5.80. The minimum Gasteiger partial charge on any atom is -0.465 e. The molecule has 1 unspecified atom stereocenters. The van der Waals surface area contributed by atoms with Crippen molar-refractivity contribution < 1.29 is 14.3 Å². The third-order valence-electron chi connectivity index (χ3n) is 3.77. The topological polar surface area (TPSA) is 47.6 Å². The second-order valence-electron chi connectivity index (χ2n) is 6.18. The molecule has 1 rings (SSSR count). The Labute approximate surface area is 117 Å². The first-order valence-electron chi connectivity index (χ1n) is 7.42. The second kappa shape index (κ2) is 6.71. The zero-order valence-corrected chi connectivity index (χ0v) is 13.0. The molecule has 1 aliphatic carbocycles. The first-order valence-corrected chi connectivity index (χ1v) is 7.42. The third kappa shape index (κ3) is 5.49. The van der Waals surface area contributed by atoms with Crippen LogP contribution in [0.4, 0.5) is 0 Å². The summed E-state index contributed by atoms with van der Waals surface area (Å²) in [6.07, 6.45) is 3.90. The molecule has 4 heteroatoms. The smallest absolute Gasteiger partial charge is 0.326 e. The van der Waals surface area contributed by atoms with E-state index in [1.54, 1.807) is 0 Å². The Morgan fingerprint density at radius 2 is 1.89 bits per heavy atom. The lowest BCUT2D eigenvalue weighted by molar-refractivity contribution is -0.152. The molecule has 4 nitrogen and oxygen atoms in total. The van der Waals surface area contributed by atoms with Crippen LogP contribution >= 0.6 is 0 Å². The number of hydrogen-bond acceptors (Lipinski definition) is 4. The first kappa shape index (κ1) is 16.4. The van der Waals surface area contributed by atoms with Crippen molar-refractivity contribution in [1.82, 2.24) is 5.32 Å². The third-order valence-corrected chi connectivity index (χ3v) is 3.77. The molecule has 0 aliphatic heterocycles. The zero-order valence-electron chi connectivity index (χ0n) is 13.0. The van der Waals surface area contributed by atoms with E-state index in [1.807, 2.05) is 13.8 Å². The summed E-state index contributed by atoms with van der Waals surface area (Å²) in [6.45, 7) is 11.0. The molecule has 1 N–H and O–H groups in total. The monoisotopic (exact) mass is 271 g/mol. The van der Waals surface area contributed by atoms with Gasteiger partial charge in [0.1, 0.15) is 5.54 Å². The van der Waals surface area contributed by atoms with Crippen LogP contribution in [0.2, 0.25) is 0 Å². The quantitative estimate of drug-likeness (QED) is 0.655. The van der Waals surface area contributed by atoms with Gasteiger partial charge in [-0.25, -0.2) is 0 Å². The van der Waals surface area contributed by atoms with Crippen molar-refractivity contribution >= 4 is 5.97 Å². The molecule has 0 aromatic carbocycles. The molecular weight excluding hydrogens is 242 g/mol. The van der Waals surface area contributed by atoms with Crippen LogP contribution in [0, 0.1) is 0 Å². The molecule has 1 fully saturated rings. The molecule has 19 heavy (non-hydrogen) atoms. The van der Waals surface area contributed by atoms with Crippen molar-refractivity contribution in [1.29, 1.82) is 0 Å². The largest absolute Gasteiger partial charge is 0.465 e. The predicted molar refractivity (Wildman–Crippen MR) is 76.1 cm³/mol. The molecule has 1 atom stereocenters. The molecule has 1 aliphatic rings. The summed E-state index contributed by atoms with van der Waals surface area (Å²) in [4.78, 5) is 12.1. The van der Waals surface area contributed by atoms with Crippen LogP contribution in [-0.4, -0.2) is 36.4 Å². The predicted octanol–water partition coefficient (Wildman–Crippen LogP) is 2.66. The molecule has 112 valence electrons. The molecular formula is C15H29NO3. The van der Waals surface area contributed by atoms with Gasteiger partial charge in [0.15, 0.2) is 0 Å². The standard InChI is InChI=1S/C15H29NO3/c1-6-14(3,4)19-11-10-15(5,13(17)18-7-2)16-12-8-9-12/h12,16H,6-11H2,1-5H3. The van der Waals surface area contributed by atoms with Crippen LogP contribution in [0.15, 0.2) is 0 Å². The summed E-state index contributed by atoms with van der Waals surface area (Å²) in [5.74, 6) is -0.167. The van der Waals surface area contributed by atoms with E-state index in [9.17, 15) is 4.79 Å². The SMILES string of the molecule is CCOC(=O)C(C)(CCOC(C)(C)CC)NC1CC1. The van der Waals surface area contributed by atoms with Gasteiger partial charge in [0, 0.05) is 12.6 Å². The number of carbonyl (C=O) groups excluding carboxylic acids is 1. The van der Waals surface area contributed by atoms with E-state index in [4.69, 9.17) is 9.47 Å². The number of nitrogens with one attached hydrogen (secondary N) is 1. The van der Waals surface area contributed by atoms with Gasteiger partial charge in [-0.05, 0) is 53.4 Å². The van der Waals surface area contributed by atoms with E-state index < -0.39 is 5.54 Å². The Hall–Kier alpha value is -0.610. The molecule has 0 aromatic rings. The fourth-order valence-electron chi connectivity index (χ4n) is 1.84. The zero-order chi connectivity index (χ0) is 14.5. The van der Waals surface area contributed by atoms with Crippen LogP contribution in [-0.2, 0) is 14.3 Å². The molecule has 0 spiro atoms. The van der Waals surface area contributed by atoms with Crippen molar-refractivity contribution in [2.75, 3.05) is 13.2 Å². The van der Waals surface area contributed by atoms with Gasteiger partial charge in [-0.2, -0.15) is 0 Å². The Morgan fingerprint density at radius 1 is 1.26 bits per heavy atom. The maximum atomic E-state index is 12.1. The second-order valence-corrected chi connectivity index (χ2v) is 6.18. The summed E-state index contributed by atoms with van der Waals surface area (Å²) >= 11 is 0. The number of hydrogen-bond donors (Lipinski definition) is 1. The minimum absolute atomic E-state index is 0.130. The van der Waals surface area contributed by atoms with Crippen LogP contribution in [0.1, 0.15) is 60.3 Å². The van der Waals surface area contributed by atoms with Crippen molar-refractivity contribution in [3.05, 3.63) is 0 Å². The molecule has 0 radical (unpaired) electrons. The normalized spacial score (nSPS) is 19.0. The minimum atomic E-state index is -0.624. The van der Waals surface area contributed by atoms with Gasteiger partial charge in [-0.15, -0.1) is 0 Å². The highest BCUT2D eigenvalue weighted by Gasteiger charge is 2.39. The molecule has 0 amide bonds. The highest BCUT2D eigenvalue weighted by Crippen LogP contribution is 2.25. The van der Waals surface area contributed by atoms with E-state index in [2.05, 4.69) is 26.1 Å². The van der Waals surface area contributed by atoms with E-state index in [0.29, 0.717) is 25.7 Å². The van der Waals surface area contributed by atoms with E-state index in [-0.39, 0.29) is 11.6 Å². The van der Waals surface area contributed by atoms with Gasteiger partial charge in [0.25, 0.3) is 0 Å². The number of carbonyl (C=O) groups is 1. The van der Waals surface area contributed by atoms with E-state index in [1.165, 1.54) is 0 Å². The molecule has 0 saturated heterocycles. The van der Waals surface area contributed by atoms with Crippen molar-refractivity contribution in [2.45, 2.75) is 77.5 Å². The summed E-state index contributed by atoms with van der Waals surface area (Å²) in [5, 5.41) is 3.40. The number of rotatable bonds is 9. The van der Waals surface area contributed by atoms with Gasteiger partial charge in [0.05, 0.1) is 12.2 Å². The van der Waals surface area contributed by atoms with E-state index in [0.717, 1.165) is 19.3 Å². The Morgan fingerprint density at radius 3 is 2.37 bits per heavy atom. The van der Waals surface area contributed by atoms with Crippen LogP contribution in [0.25, 0.3) is 0 Å². The number of ether oxygens (including phenoxy) is 2. The fourth-order valence-corrected chi connectivity index (χ4v) is 1.84. The average molecular weight is 271 g/mol. The van der Waals surface area contributed by atoms with Gasteiger partial charge < -0.3 is 9.47 Å². The summed E-state index contributed by atoms with van der Waals surface area (Å²) in [7, 11) is 0. The molecule has 0 heterocycles. The molecule has 1 saturated carbocycles. The van der Waals surface area contributed by atoms with E-state index >= 15 is 0 Å². The first-order chi connectivity index (χ1) is 8.83. The van der Waals surface area contributed by atoms with Crippen LogP contribution in [0.3, 0.4) is 0 Å². The summed E-state index contributed by atoms with van der Waals surface area (Å²) in [5.41, 5.74) is -0.754. The lowest BCUT2D eigenvalue weighted by Crippen LogP contribution is -2.52. The Kier molecular flexibility index (Phi) is 5.81. The maximum Gasteiger partial charge on any atom is 0.326 e. The van der Waals surface area contributed by atoms with Crippen molar-refractivity contribution in [3.63, 3.8) is 0 Å². The van der Waals surface area contributed by atoms with Gasteiger partial charge in [0.2, 0.25) is 0 Å². The van der Waals surface area contributed by atoms with Crippen LogP contribution in [0.5, 0.6) is 0 Å². The number of esters is 1. The Bertz CT molecular complexity index is 300. The van der Waals surface area contributed by atoms with Crippen LogP contribution < -0.4 is 5.32 Å². The molecule has 0 aromatic heterocycles. The van der Waals surface area contributed by atoms with Gasteiger partial charge in [-0.3, -0.25) is 10.1 Å². The lowest BCUT2D eigenvalue weighted by atomic mass is 9.97. The Balaban J connectivity index is 2.51. The highest BCUT2D eigenvalue weighted by atomic mass is 16.5. The van der Waals surface area contributed by atoms with Gasteiger partial charge >= 0.3 is 5.97 Å². The van der Waals surface area contributed by atoms with Gasteiger partial charge in [-0.1, -0.05) is 6.92 Å². The van der Waals surface area contributed by atoms with Crippen molar-refractivity contribution in [2.24, 2.45) is 0 Å². The average Bonchev–Trinajstić information content (AvgIpc) is 3.13. The summed E-state index contributed by atoms with van der Waals surface area (Å²) in [6, 6.07) is 0.466. The summed E-state index contributed by atoms with van der Waals surface area (Å²) < 4.78 is 11.0. The fraction of sp³-hybridized carbons (Fsp3) is 0.933. The lowest BCUT2D eigenvalue weighted by Gasteiger charge is -2.31. The maximum absolute atomic E-state index is 12.1. The van der Waals surface area contributed by atoms with Crippen molar-refractivity contribution in [3.8, 4) is 0 Å².